The van der Waals surface area contributed by atoms with Gasteiger partial charge in [-0.1, -0.05) is 20.8 Å². The van der Waals surface area contributed by atoms with Crippen LogP contribution >= 0.6 is 0 Å². The fourth-order valence-corrected chi connectivity index (χ4v) is 3.44. The first-order chi connectivity index (χ1) is 14.6. The zero-order valence-electron chi connectivity index (χ0n) is 17.7. The number of aromatic nitrogens is 2. The number of aliphatic hydroxyl groups is 1. The van der Waals surface area contributed by atoms with E-state index in [2.05, 4.69) is 15.7 Å². The highest BCUT2D eigenvalue weighted by Crippen LogP contribution is 2.31. The maximum atomic E-state index is 14.4. The van der Waals surface area contributed by atoms with Crippen molar-refractivity contribution >= 4 is 11.9 Å². The van der Waals surface area contributed by atoms with Gasteiger partial charge in [0.2, 0.25) is 5.91 Å². The van der Waals surface area contributed by atoms with Crippen LogP contribution in [-0.2, 0) is 22.6 Å². The standard InChI is InChI=1S/C21H26F2N4O4/c1-21(2,3)18(19(29)24-7-8-28)25-20(30)27-16-6-9-31-11-14(16)17(26-27)13-10-12(22)4-5-15(13)23/h4-5,10,18,28H,6-9,11H2,1-3H3,(H,24,29)(H,25,30). The van der Waals surface area contributed by atoms with Crippen molar-refractivity contribution in [1.82, 2.24) is 20.4 Å². The van der Waals surface area contributed by atoms with E-state index in [1.54, 1.807) is 20.8 Å². The molecule has 0 radical (unpaired) electrons. The number of carbonyl (C=O) groups is 2. The molecule has 2 aromatic rings. The number of nitrogens with one attached hydrogen (secondary N) is 2. The van der Waals surface area contributed by atoms with Gasteiger partial charge in [-0.2, -0.15) is 9.78 Å². The Morgan fingerprint density at radius 3 is 2.74 bits per heavy atom. The van der Waals surface area contributed by atoms with Gasteiger partial charge < -0.3 is 20.5 Å². The normalized spacial score (nSPS) is 14.6. The molecule has 3 N–H and O–H groups in total. The van der Waals surface area contributed by atoms with Gasteiger partial charge >= 0.3 is 6.03 Å². The highest BCUT2D eigenvalue weighted by Gasteiger charge is 2.34. The second kappa shape index (κ2) is 9.11. The maximum Gasteiger partial charge on any atom is 0.343 e. The Kier molecular flexibility index (Phi) is 6.71. The lowest BCUT2D eigenvalue weighted by molar-refractivity contribution is -0.125. The SMILES string of the molecule is CC(C)(C)C(NC(=O)n1nc(-c2cc(F)ccc2F)c2c1CCOC2)C(=O)NCCO. The first-order valence-electron chi connectivity index (χ1n) is 9.97. The van der Waals surface area contributed by atoms with Crippen LogP contribution in [0.15, 0.2) is 18.2 Å². The fraction of sp³-hybridized carbons (Fsp3) is 0.476. The highest BCUT2D eigenvalue weighted by molar-refractivity contribution is 5.89. The number of hydrogen-bond donors (Lipinski definition) is 3. The number of fused-ring (bicyclic) bond motifs is 1. The molecule has 1 unspecified atom stereocenters. The number of nitrogens with zero attached hydrogens (tertiary/aromatic N) is 2. The van der Waals surface area contributed by atoms with E-state index in [1.165, 1.54) is 0 Å². The van der Waals surface area contributed by atoms with E-state index in [-0.39, 0.29) is 31.0 Å². The van der Waals surface area contributed by atoms with Crippen LogP contribution in [0.2, 0.25) is 0 Å². The van der Waals surface area contributed by atoms with Crippen LogP contribution in [0.5, 0.6) is 0 Å². The van der Waals surface area contributed by atoms with Crippen LogP contribution in [-0.4, -0.2) is 52.6 Å². The average molecular weight is 436 g/mol. The lowest BCUT2D eigenvalue weighted by atomic mass is 9.86. The Morgan fingerprint density at radius 2 is 2.06 bits per heavy atom. The Balaban J connectivity index is 1.98. The summed E-state index contributed by atoms with van der Waals surface area (Å²) in [5, 5.41) is 18.5. The van der Waals surface area contributed by atoms with Crippen molar-refractivity contribution in [3.8, 4) is 11.3 Å². The lowest BCUT2D eigenvalue weighted by Crippen LogP contribution is -2.55. The first-order valence-corrected chi connectivity index (χ1v) is 9.97. The van der Waals surface area contributed by atoms with E-state index in [9.17, 15) is 18.4 Å². The van der Waals surface area contributed by atoms with E-state index in [4.69, 9.17) is 9.84 Å². The molecule has 0 saturated carbocycles. The van der Waals surface area contributed by atoms with Gasteiger partial charge in [0.25, 0.3) is 0 Å². The number of halogens is 2. The van der Waals surface area contributed by atoms with E-state index in [1.807, 2.05) is 0 Å². The van der Waals surface area contributed by atoms with Crippen molar-refractivity contribution in [3.05, 3.63) is 41.1 Å². The van der Waals surface area contributed by atoms with Gasteiger partial charge in [-0.3, -0.25) is 4.79 Å². The van der Waals surface area contributed by atoms with Gasteiger partial charge in [-0.05, 0) is 23.6 Å². The van der Waals surface area contributed by atoms with Crippen molar-refractivity contribution in [1.29, 1.82) is 0 Å². The predicted octanol–water partition coefficient (Wildman–Crippen LogP) is 1.98. The molecule has 1 aliphatic heterocycles. The Hall–Kier alpha value is -2.85. The van der Waals surface area contributed by atoms with Crippen molar-refractivity contribution in [2.45, 2.75) is 39.8 Å². The molecule has 1 aliphatic rings. The van der Waals surface area contributed by atoms with E-state index in [0.717, 1.165) is 22.9 Å². The van der Waals surface area contributed by atoms with Gasteiger partial charge in [-0.15, -0.1) is 0 Å². The largest absolute Gasteiger partial charge is 0.395 e. The minimum atomic E-state index is -0.916. The van der Waals surface area contributed by atoms with Crippen LogP contribution in [0.25, 0.3) is 11.3 Å². The quantitative estimate of drug-likeness (QED) is 0.665. The van der Waals surface area contributed by atoms with E-state index >= 15 is 0 Å². The molecule has 0 fully saturated rings. The molecule has 0 bridgehead atoms. The van der Waals surface area contributed by atoms with Gasteiger partial charge in [0.05, 0.1) is 25.5 Å². The third-order valence-electron chi connectivity index (χ3n) is 5.00. The average Bonchev–Trinajstić information content (AvgIpc) is 3.10. The molecular formula is C21H26F2N4O4. The maximum absolute atomic E-state index is 14.4. The van der Waals surface area contributed by atoms with Gasteiger partial charge in [0.15, 0.2) is 0 Å². The molecule has 2 heterocycles. The molecule has 1 atom stereocenters. The number of ether oxygens (including phenoxy) is 1. The summed E-state index contributed by atoms with van der Waals surface area (Å²) in [6.45, 7) is 5.64. The third kappa shape index (κ3) is 4.91. The number of aliphatic hydroxyl groups excluding tert-OH is 1. The number of carbonyl (C=O) groups excluding carboxylic acids is 2. The summed E-state index contributed by atoms with van der Waals surface area (Å²) >= 11 is 0. The molecule has 0 spiro atoms. The number of rotatable bonds is 5. The van der Waals surface area contributed by atoms with Crippen molar-refractivity contribution < 1.29 is 28.2 Å². The number of amides is 2. The molecular weight excluding hydrogens is 410 g/mol. The fourth-order valence-electron chi connectivity index (χ4n) is 3.44. The molecule has 0 aliphatic carbocycles. The monoisotopic (exact) mass is 436 g/mol. The summed E-state index contributed by atoms with van der Waals surface area (Å²) < 4.78 is 34.7. The zero-order chi connectivity index (χ0) is 22.8. The van der Waals surface area contributed by atoms with Crippen LogP contribution in [0, 0.1) is 17.0 Å². The van der Waals surface area contributed by atoms with Crippen LogP contribution < -0.4 is 10.6 Å². The molecule has 31 heavy (non-hydrogen) atoms. The summed E-state index contributed by atoms with van der Waals surface area (Å²) in [6.07, 6.45) is 0.351. The van der Waals surface area contributed by atoms with Crippen LogP contribution in [0.4, 0.5) is 13.6 Å². The summed E-state index contributed by atoms with van der Waals surface area (Å²) in [7, 11) is 0. The molecule has 2 amide bonds. The molecule has 1 aromatic heterocycles. The van der Waals surface area contributed by atoms with Gasteiger partial charge in [-0.25, -0.2) is 13.6 Å². The third-order valence-corrected chi connectivity index (χ3v) is 5.00. The molecule has 10 heteroatoms. The predicted molar refractivity (Wildman–Crippen MR) is 108 cm³/mol. The summed E-state index contributed by atoms with van der Waals surface area (Å²) in [4.78, 5) is 25.6. The second-order valence-electron chi connectivity index (χ2n) is 8.38. The Labute approximate surface area is 178 Å². The van der Waals surface area contributed by atoms with Crippen molar-refractivity contribution in [2.24, 2.45) is 5.41 Å². The number of benzene rings is 1. The minimum absolute atomic E-state index is 0.0544. The first kappa shape index (κ1) is 22.8. The van der Waals surface area contributed by atoms with Crippen molar-refractivity contribution in [3.63, 3.8) is 0 Å². The molecule has 168 valence electrons. The van der Waals surface area contributed by atoms with Crippen LogP contribution in [0.3, 0.4) is 0 Å². The van der Waals surface area contributed by atoms with E-state index in [0.29, 0.717) is 24.3 Å². The summed E-state index contributed by atoms with van der Waals surface area (Å²) in [5.41, 5.74) is 0.442. The molecule has 3 rings (SSSR count). The Morgan fingerprint density at radius 1 is 1.32 bits per heavy atom. The summed E-state index contributed by atoms with van der Waals surface area (Å²) in [6, 6.07) is 1.45. The number of hydrogen-bond acceptors (Lipinski definition) is 5. The Bertz CT molecular complexity index is 984. The molecule has 0 saturated heterocycles. The highest BCUT2D eigenvalue weighted by atomic mass is 19.1. The molecule has 1 aromatic carbocycles. The zero-order valence-corrected chi connectivity index (χ0v) is 17.7. The van der Waals surface area contributed by atoms with Crippen LogP contribution in [0.1, 0.15) is 32.0 Å². The molecule has 8 nitrogen and oxygen atoms in total. The topological polar surface area (TPSA) is 105 Å². The lowest BCUT2D eigenvalue weighted by Gasteiger charge is -2.30. The van der Waals surface area contributed by atoms with Gasteiger partial charge in [0.1, 0.15) is 23.4 Å². The summed E-state index contributed by atoms with van der Waals surface area (Å²) in [5.74, 6) is -1.75. The smallest absolute Gasteiger partial charge is 0.343 e. The van der Waals surface area contributed by atoms with E-state index < -0.39 is 35.0 Å². The van der Waals surface area contributed by atoms with Crippen molar-refractivity contribution in [2.75, 3.05) is 19.8 Å². The second-order valence-corrected chi connectivity index (χ2v) is 8.38. The minimum Gasteiger partial charge on any atom is -0.395 e. The van der Waals surface area contributed by atoms with Gasteiger partial charge in [0, 0.05) is 24.1 Å².